The highest BCUT2D eigenvalue weighted by Crippen LogP contribution is 2.34. The minimum Gasteiger partial charge on any atom is -0.489 e. The summed E-state index contributed by atoms with van der Waals surface area (Å²) in [5.41, 5.74) is 3.17. The molecule has 4 rings (SSSR count). The van der Waals surface area contributed by atoms with Crippen molar-refractivity contribution in [2.24, 2.45) is 0 Å². The Labute approximate surface area is 194 Å². The van der Waals surface area contributed by atoms with Gasteiger partial charge >= 0.3 is 0 Å². The van der Waals surface area contributed by atoms with Crippen molar-refractivity contribution in [2.75, 3.05) is 0 Å². The molecule has 7 nitrogen and oxygen atoms in total. The zero-order valence-corrected chi connectivity index (χ0v) is 18.6. The largest absolute Gasteiger partial charge is 0.489 e. The fraction of sp³-hybridized carbons (Fsp3) is 0.120. The van der Waals surface area contributed by atoms with Gasteiger partial charge in [-0.25, -0.2) is 0 Å². The second-order valence-corrected chi connectivity index (χ2v) is 8.49. The lowest BCUT2D eigenvalue weighted by molar-refractivity contribution is -0.385. The number of nitrogens with zero attached hydrogens (tertiary/aromatic N) is 2. The quantitative estimate of drug-likeness (QED) is 0.255. The summed E-state index contributed by atoms with van der Waals surface area (Å²) in [7, 11) is 0. The number of ether oxygens (including phenoxy) is 1. The van der Waals surface area contributed by atoms with E-state index in [1.54, 1.807) is 36.4 Å². The average molecular weight is 461 g/mol. The number of nitro groups is 1. The Kier molecular flexibility index (Phi) is 6.55. The van der Waals surface area contributed by atoms with Gasteiger partial charge in [0.15, 0.2) is 0 Å². The van der Waals surface area contributed by atoms with E-state index in [2.05, 4.69) is 6.07 Å². The predicted molar refractivity (Wildman–Crippen MR) is 127 cm³/mol. The highest BCUT2D eigenvalue weighted by Gasteiger charge is 2.36. The van der Waals surface area contributed by atoms with Gasteiger partial charge in [0.2, 0.25) is 0 Å². The first-order valence-corrected chi connectivity index (χ1v) is 11.0. The standard InChI is InChI=1S/C25H20N2O5S/c1-17-5-4-6-19(13-17)16-32-21-11-9-18(10-12-21)14-23-24(28)26(25(29)33-23)15-20-7-2-3-8-22(20)27(30)31/h2-14H,15-16H2,1H3/b23-14+. The molecule has 0 aliphatic carbocycles. The van der Waals surface area contributed by atoms with E-state index in [0.29, 0.717) is 17.9 Å². The number of carbonyl (C=O) groups excluding carboxylic acids is 2. The van der Waals surface area contributed by atoms with E-state index < -0.39 is 16.1 Å². The van der Waals surface area contributed by atoms with Crippen LogP contribution in [0.1, 0.15) is 22.3 Å². The van der Waals surface area contributed by atoms with E-state index in [9.17, 15) is 19.7 Å². The molecular weight excluding hydrogens is 440 g/mol. The predicted octanol–water partition coefficient (Wildman–Crippen LogP) is 5.72. The summed E-state index contributed by atoms with van der Waals surface area (Å²) in [4.78, 5) is 37.2. The number of nitro benzene ring substituents is 1. The molecule has 33 heavy (non-hydrogen) atoms. The molecule has 3 aromatic rings. The summed E-state index contributed by atoms with van der Waals surface area (Å²) < 4.78 is 5.81. The summed E-state index contributed by atoms with van der Waals surface area (Å²) in [6.45, 7) is 2.33. The van der Waals surface area contributed by atoms with Gasteiger partial charge < -0.3 is 4.74 Å². The first kappa shape index (κ1) is 22.3. The molecule has 2 amide bonds. The van der Waals surface area contributed by atoms with Gasteiger partial charge in [-0.1, -0.05) is 60.2 Å². The van der Waals surface area contributed by atoms with E-state index in [1.165, 1.54) is 11.6 Å². The second-order valence-electron chi connectivity index (χ2n) is 7.50. The van der Waals surface area contributed by atoms with Crippen molar-refractivity contribution in [2.45, 2.75) is 20.1 Å². The first-order chi connectivity index (χ1) is 15.9. The Morgan fingerprint density at radius 1 is 1.03 bits per heavy atom. The van der Waals surface area contributed by atoms with Gasteiger partial charge in [0, 0.05) is 11.6 Å². The van der Waals surface area contributed by atoms with E-state index >= 15 is 0 Å². The number of para-hydroxylation sites is 1. The molecule has 0 aromatic heterocycles. The Morgan fingerprint density at radius 3 is 2.52 bits per heavy atom. The fourth-order valence-electron chi connectivity index (χ4n) is 3.41. The molecule has 0 radical (unpaired) electrons. The van der Waals surface area contributed by atoms with Crippen LogP contribution in [-0.2, 0) is 17.9 Å². The van der Waals surface area contributed by atoms with Crippen molar-refractivity contribution < 1.29 is 19.2 Å². The van der Waals surface area contributed by atoms with Crippen LogP contribution in [0, 0.1) is 17.0 Å². The fourth-order valence-corrected chi connectivity index (χ4v) is 4.25. The van der Waals surface area contributed by atoms with Crippen LogP contribution in [-0.4, -0.2) is 21.0 Å². The van der Waals surface area contributed by atoms with Crippen molar-refractivity contribution in [3.8, 4) is 5.75 Å². The van der Waals surface area contributed by atoms with Crippen LogP contribution >= 0.6 is 11.8 Å². The number of aryl methyl sites for hydroxylation is 1. The number of hydrogen-bond acceptors (Lipinski definition) is 6. The SMILES string of the molecule is Cc1cccc(COc2ccc(/C=C3/SC(=O)N(Cc4ccccc4[N+](=O)[O-])C3=O)cc2)c1. The number of thioether (sulfide) groups is 1. The number of benzene rings is 3. The smallest absolute Gasteiger partial charge is 0.293 e. The minimum absolute atomic E-state index is 0.123. The zero-order valence-electron chi connectivity index (χ0n) is 17.8. The first-order valence-electron chi connectivity index (χ1n) is 10.2. The van der Waals surface area contributed by atoms with Crippen LogP contribution in [0.3, 0.4) is 0 Å². The molecule has 1 heterocycles. The van der Waals surface area contributed by atoms with Crippen LogP contribution in [0.2, 0.25) is 0 Å². The number of rotatable bonds is 7. The maximum absolute atomic E-state index is 12.8. The van der Waals surface area contributed by atoms with E-state index in [4.69, 9.17) is 4.74 Å². The average Bonchev–Trinajstić information content (AvgIpc) is 3.06. The van der Waals surface area contributed by atoms with Crippen LogP contribution in [0.5, 0.6) is 5.75 Å². The van der Waals surface area contributed by atoms with Crippen molar-refractivity contribution in [1.29, 1.82) is 0 Å². The van der Waals surface area contributed by atoms with Crippen molar-refractivity contribution in [1.82, 2.24) is 4.90 Å². The second kappa shape index (κ2) is 9.70. The van der Waals surface area contributed by atoms with Crippen LogP contribution in [0.25, 0.3) is 6.08 Å². The van der Waals surface area contributed by atoms with E-state index in [1.807, 2.05) is 37.3 Å². The Balaban J connectivity index is 1.43. The lowest BCUT2D eigenvalue weighted by Crippen LogP contribution is -2.27. The van der Waals surface area contributed by atoms with Crippen LogP contribution in [0.15, 0.2) is 77.7 Å². The highest BCUT2D eigenvalue weighted by molar-refractivity contribution is 8.18. The molecule has 0 N–H and O–H groups in total. The minimum atomic E-state index is -0.521. The van der Waals surface area contributed by atoms with Gasteiger partial charge in [0.1, 0.15) is 12.4 Å². The van der Waals surface area contributed by atoms with Crippen molar-refractivity contribution in [3.63, 3.8) is 0 Å². The lowest BCUT2D eigenvalue weighted by Gasteiger charge is -2.12. The van der Waals surface area contributed by atoms with Gasteiger partial charge in [-0.3, -0.25) is 24.6 Å². The molecule has 0 spiro atoms. The third kappa shape index (κ3) is 5.30. The molecule has 0 saturated carbocycles. The summed E-state index contributed by atoms with van der Waals surface area (Å²) in [5.74, 6) is 0.223. The zero-order chi connectivity index (χ0) is 23.4. The van der Waals surface area contributed by atoms with E-state index in [-0.39, 0.29) is 17.1 Å². The number of carbonyl (C=O) groups is 2. The molecule has 1 saturated heterocycles. The molecule has 8 heteroatoms. The summed E-state index contributed by atoms with van der Waals surface area (Å²) in [6, 6.07) is 21.4. The topological polar surface area (TPSA) is 89.8 Å². The summed E-state index contributed by atoms with van der Waals surface area (Å²) in [5, 5.41) is 10.8. The molecule has 0 unspecified atom stereocenters. The molecule has 0 atom stereocenters. The summed E-state index contributed by atoms with van der Waals surface area (Å²) in [6.07, 6.45) is 1.63. The van der Waals surface area contributed by atoms with Gasteiger partial charge in [-0.05, 0) is 48.0 Å². The molecule has 166 valence electrons. The third-order valence-electron chi connectivity index (χ3n) is 5.06. The van der Waals surface area contributed by atoms with Gasteiger partial charge in [0.05, 0.1) is 16.4 Å². The molecular formula is C25H20N2O5S. The number of amides is 2. The van der Waals surface area contributed by atoms with Crippen LogP contribution in [0.4, 0.5) is 10.5 Å². The Bertz CT molecular complexity index is 1250. The molecule has 1 fully saturated rings. The monoisotopic (exact) mass is 460 g/mol. The lowest BCUT2D eigenvalue weighted by atomic mass is 10.1. The third-order valence-corrected chi connectivity index (χ3v) is 5.96. The normalized spacial score (nSPS) is 14.7. The molecule has 1 aliphatic heterocycles. The molecule has 1 aliphatic rings. The highest BCUT2D eigenvalue weighted by atomic mass is 32.2. The summed E-state index contributed by atoms with van der Waals surface area (Å²) >= 11 is 0.821. The van der Waals surface area contributed by atoms with Gasteiger partial charge in [-0.15, -0.1) is 0 Å². The van der Waals surface area contributed by atoms with Crippen molar-refractivity contribution in [3.05, 3.63) is 110 Å². The van der Waals surface area contributed by atoms with E-state index in [0.717, 1.165) is 27.8 Å². The molecule has 0 bridgehead atoms. The maximum Gasteiger partial charge on any atom is 0.293 e. The Morgan fingerprint density at radius 2 is 1.79 bits per heavy atom. The number of imide groups is 1. The van der Waals surface area contributed by atoms with Crippen molar-refractivity contribution >= 4 is 34.7 Å². The Hall–Kier alpha value is -3.91. The maximum atomic E-state index is 12.8. The van der Waals surface area contributed by atoms with Gasteiger partial charge in [0.25, 0.3) is 16.8 Å². The van der Waals surface area contributed by atoms with Gasteiger partial charge in [-0.2, -0.15) is 0 Å². The number of hydrogen-bond donors (Lipinski definition) is 0. The van der Waals surface area contributed by atoms with Crippen LogP contribution < -0.4 is 4.74 Å². The molecule has 3 aromatic carbocycles.